The van der Waals surface area contributed by atoms with Gasteiger partial charge in [-0.3, -0.25) is 4.79 Å². The minimum Gasteiger partial charge on any atom is -0.368 e. The van der Waals surface area contributed by atoms with Crippen LogP contribution in [0.3, 0.4) is 0 Å². The average molecular weight is 421 g/mol. The molecule has 1 amide bonds. The van der Waals surface area contributed by atoms with E-state index in [1.807, 2.05) is 36.4 Å². The van der Waals surface area contributed by atoms with Gasteiger partial charge in [-0.15, -0.1) is 11.3 Å². The summed E-state index contributed by atoms with van der Waals surface area (Å²) in [4.78, 5) is 28.5. The molecule has 5 N–H and O–H groups in total. The van der Waals surface area contributed by atoms with Crippen molar-refractivity contribution in [2.24, 2.45) is 5.73 Å². The van der Waals surface area contributed by atoms with Crippen molar-refractivity contribution in [3.8, 4) is 0 Å². The number of thiazole rings is 1. The summed E-state index contributed by atoms with van der Waals surface area (Å²) in [6, 6.07) is 16.0. The van der Waals surface area contributed by atoms with Gasteiger partial charge < -0.3 is 21.7 Å². The normalized spacial score (nSPS) is 10.7. The summed E-state index contributed by atoms with van der Waals surface area (Å²) in [6.07, 6.45) is 0.821. The van der Waals surface area contributed by atoms with Crippen LogP contribution in [0, 0.1) is 0 Å². The first-order valence-corrected chi connectivity index (χ1v) is 10.2. The molecule has 0 radical (unpaired) electrons. The van der Waals surface area contributed by atoms with Crippen molar-refractivity contribution < 1.29 is 4.79 Å². The molecule has 0 aliphatic carbocycles. The molecular formula is C20H20N8OS. The number of benzene rings is 2. The van der Waals surface area contributed by atoms with E-state index < -0.39 is 5.91 Å². The second kappa shape index (κ2) is 9.14. The third kappa shape index (κ3) is 5.17. The Balaban J connectivity index is 1.50. The first-order chi connectivity index (χ1) is 14.7. The standard InChI is InChI=1S/C20H20N8OS/c21-17(29)11-23-19-26-18(22-9-8-13-4-2-1-3-5-13)27-20(28-19)25-14-6-7-15-16(10-14)30-12-24-15/h1-7,10,12H,8-9,11H2,(H2,21,29)(H3,22,23,25,26,27,28). The second-order valence-corrected chi connectivity index (χ2v) is 7.33. The van der Waals surface area contributed by atoms with E-state index in [9.17, 15) is 4.79 Å². The van der Waals surface area contributed by atoms with Gasteiger partial charge in [-0.1, -0.05) is 30.3 Å². The maximum absolute atomic E-state index is 11.1. The third-order valence-corrected chi connectivity index (χ3v) is 4.97. The molecular weight excluding hydrogens is 400 g/mol. The van der Waals surface area contributed by atoms with Crippen molar-refractivity contribution >= 4 is 51.0 Å². The molecule has 0 fully saturated rings. The molecule has 2 heterocycles. The van der Waals surface area contributed by atoms with Gasteiger partial charge in [0.1, 0.15) is 0 Å². The van der Waals surface area contributed by atoms with Crippen LogP contribution in [0.5, 0.6) is 0 Å². The van der Waals surface area contributed by atoms with Gasteiger partial charge in [0.05, 0.1) is 22.3 Å². The smallest absolute Gasteiger partial charge is 0.236 e. The number of hydrogen-bond donors (Lipinski definition) is 4. The van der Waals surface area contributed by atoms with Gasteiger partial charge in [0, 0.05) is 12.2 Å². The van der Waals surface area contributed by atoms with Crippen LogP contribution in [-0.4, -0.2) is 38.9 Å². The number of carbonyl (C=O) groups excluding carboxylic acids is 1. The molecule has 30 heavy (non-hydrogen) atoms. The van der Waals surface area contributed by atoms with Crippen LogP contribution in [0.15, 0.2) is 54.0 Å². The highest BCUT2D eigenvalue weighted by Crippen LogP contribution is 2.24. The number of nitrogens with one attached hydrogen (secondary N) is 3. The summed E-state index contributed by atoms with van der Waals surface area (Å²) < 4.78 is 1.06. The molecule has 0 saturated carbocycles. The molecule has 0 aliphatic rings. The SMILES string of the molecule is NC(=O)CNc1nc(NCCc2ccccc2)nc(Nc2ccc3ncsc3c2)n1. The number of amides is 1. The second-order valence-electron chi connectivity index (χ2n) is 6.45. The largest absolute Gasteiger partial charge is 0.368 e. The van der Waals surface area contributed by atoms with E-state index in [1.165, 1.54) is 5.56 Å². The molecule has 10 heteroatoms. The summed E-state index contributed by atoms with van der Waals surface area (Å²) in [7, 11) is 0. The van der Waals surface area contributed by atoms with E-state index in [0.717, 1.165) is 22.3 Å². The third-order valence-electron chi connectivity index (χ3n) is 4.18. The highest BCUT2D eigenvalue weighted by Gasteiger charge is 2.09. The zero-order chi connectivity index (χ0) is 20.8. The fourth-order valence-electron chi connectivity index (χ4n) is 2.78. The molecule has 0 aliphatic heterocycles. The lowest BCUT2D eigenvalue weighted by Gasteiger charge is -2.11. The van der Waals surface area contributed by atoms with Crippen LogP contribution in [0.25, 0.3) is 10.2 Å². The Morgan fingerprint density at radius 1 is 0.967 bits per heavy atom. The number of anilines is 4. The Morgan fingerprint density at radius 3 is 2.53 bits per heavy atom. The van der Waals surface area contributed by atoms with Crippen LogP contribution < -0.4 is 21.7 Å². The lowest BCUT2D eigenvalue weighted by Crippen LogP contribution is -2.23. The van der Waals surface area contributed by atoms with Crippen molar-refractivity contribution in [1.82, 2.24) is 19.9 Å². The molecule has 0 unspecified atom stereocenters. The van der Waals surface area contributed by atoms with E-state index >= 15 is 0 Å². The molecule has 0 bridgehead atoms. The number of carbonyl (C=O) groups is 1. The maximum atomic E-state index is 11.1. The van der Waals surface area contributed by atoms with Gasteiger partial charge in [-0.2, -0.15) is 15.0 Å². The Morgan fingerprint density at radius 2 is 1.73 bits per heavy atom. The lowest BCUT2D eigenvalue weighted by atomic mass is 10.1. The number of nitrogens with two attached hydrogens (primary N) is 1. The van der Waals surface area contributed by atoms with E-state index in [4.69, 9.17) is 5.73 Å². The quantitative estimate of drug-likeness (QED) is 0.325. The lowest BCUT2D eigenvalue weighted by molar-refractivity contribution is -0.116. The first kappa shape index (κ1) is 19.5. The van der Waals surface area contributed by atoms with Crippen molar-refractivity contribution in [1.29, 1.82) is 0 Å². The van der Waals surface area contributed by atoms with Crippen LogP contribution >= 0.6 is 11.3 Å². The summed E-state index contributed by atoms with van der Waals surface area (Å²) >= 11 is 1.56. The summed E-state index contributed by atoms with van der Waals surface area (Å²) in [5.41, 5.74) is 10.00. The van der Waals surface area contributed by atoms with E-state index in [-0.39, 0.29) is 12.5 Å². The van der Waals surface area contributed by atoms with Gasteiger partial charge in [-0.25, -0.2) is 4.98 Å². The van der Waals surface area contributed by atoms with Crippen LogP contribution in [0.2, 0.25) is 0 Å². The Hall–Kier alpha value is -3.79. The van der Waals surface area contributed by atoms with Gasteiger partial charge in [0.15, 0.2) is 0 Å². The minimum atomic E-state index is -0.501. The first-order valence-electron chi connectivity index (χ1n) is 9.32. The van der Waals surface area contributed by atoms with Gasteiger partial charge in [-0.05, 0) is 30.2 Å². The highest BCUT2D eigenvalue weighted by molar-refractivity contribution is 7.16. The van der Waals surface area contributed by atoms with Crippen molar-refractivity contribution in [3.63, 3.8) is 0 Å². The number of hydrogen-bond acceptors (Lipinski definition) is 9. The fourth-order valence-corrected chi connectivity index (χ4v) is 3.50. The number of rotatable bonds is 9. The molecule has 4 rings (SSSR count). The Labute approximate surface area is 176 Å². The zero-order valence-electron chi connectivity index (χ0n) is 16.0. The van der Waals surface area contributed by atoms with E-state index in [1.54, 1.807) is 16.8 Å². The van der Waals surface area contributed by atoms with Crippen molar-refractivity contribution in [3.05, 3.63) is 59.6 Å². The van der Waals surface area contributed by atoms with E-state index in [2.05, 4.69) is 48.0 Å². The number of nitrogens with zero attached hydrogens (tertiary/aromatic N) is 4. The summed E-state index contributed by atoms with van der Waals surface area (Å²) in [6.45, 7) is 0.579. The molecule has 152 valence electrons. The molecule has 9 nitrogen and oxygen atoms in total. The monoisotopic (exact) mass is 420 g/mol. The van der Waals surface area contributed by atoms with Crippen LogP contribution in [0.1, 0.15) is 5.56 Å². The number of primary amides is 1. The average Bonchev–Trinajstić information content (AvgIpc) is 3.21. The summed E-state index contributed by atoms with van der Waals surface area (Å²) in [5, 5.41) is 9.21. The fraction of sp³-hybridized carbons (Fsp3) is 0.150. The molecule has 2 aromatic carbocycles. The van der Waals surface area contributed by atoms with Gasteiger partial charge >= 0.3 is 0 Å². The predicted octanol–water partition coefficient (Wildman–Crippen LogP) is 2.78. The molecule has 2 aromatic heterocycles. The van der Waals surface area contributed by atoms with E-state index in [0.29, 0.717) is 18.4 Å². The summed E-state index contributed by atoms with van der Waals surface area (Å²) in [5.74, 6) is 0.504. The van der Waals surface area contributed by atoms with Crippen molar-refractivity contribution in [2.75, 3.05) is 29.0 Å². The Bertz CT molecular complexity index is 1150. The zero-order valence-corrected chi connectivity index (χ0v) is 16.8. The van der Waals surface area contributed by atoms with Crippen LogP contribution in [-0.2, 0) is 11.2 Å². The highest BCUT2D eigenvalue weighted by atomic mass is 32.1. The Kier molecular flexibility index (Phi) is 5.95. The molecule has 0 spiro atoms. The van der Waals surface area contributed by atoms with Gasteiger partial charge in [0.2, 0.25) is 23.8 Å². The number of fused-ring (bicyclic) bond motifs is 1. The molecule has 4 aromatic rings. The maximum Gasteiger partial charge on any atom is 0.236 e. The van der Waals surface area contributed by atoms with Crippen LogP contribution in [0.4, 0.5) is 23.5 Å². The topological polar surface area (TPSA) is 131 Å². The molecule has 0 atom stereocenters. The predicted molar refractivity (Wildman–Crippen MR) is 119 cm³/mol. The number of aromatic nitrogens is 4. The van der Waals surface area contributed by atoms with Crippen molar-refractivity contribution in [2.45, 2.75) is 6.42 Å². The van der Waals surface area contributed by atoms with Gasteiger partial charge in [0.25, 0.3) is 0 Å². The molecule has 0 saturated heterocycles. The minimum absolute atomic E-state index is 0.0697.